The molecule has 0 spiro atoms. The van der Waals surface area contributed by atoms with E-state index in [2.05, 4.69) is 9.47 Å². The fraction of sp³-hybridized carbons (Fsp3) is 0.700. The fourth-order valence-electron chi connectivity index (χ4n) is 2.34. The van der Waals surface area contributed by atoms with E-state index in [-0.39, 0.29) is 23.3 Å². The molecule has 0 radical (unpaired) electrons. The number of rotatable bonds is 1. The molecule has 0 amide bonds. The number of ether oxygens (including phenoxy) is 2. The van der Waals surface area contributed by atoms with E-state index in [4.69, 9.17) is 0 Å². The Labute approximate surface area is 92.2 Å². The van der Waals surface area contributed by atoms with Gasteiger partial charge < -0.3 is 14.9 Å². The average Bonchev–Trinajstić information content (AvgIpc) is 2.53. The molecule has 3 atom stereocenters. The molecular formula is C10H14O6. The fourth-order valence-corrected chi connectivity index (χ4v) is 2.34. The summed E-state index contributed by atoms with van der Waals surface area (Å²) in [5.41, 5.74) is 0. The van der Waals surface area contributed by atoms with Crippen LogP contribution in [-0.4, -0.2) is 30.5 Å². The number of carbonyl (C=O) groups excluding carboxylic acids is 3. The second kappa shape index (κ2) is 4.61. The average molecular weight is 230 g/mol. The molecule has 3 unspecified atom stereocenters. The Morgan fingerprint density at radius 3 is 2.50 bits per heavy atom. The maximum atomic E-state index is 11.3. The number of methoxy groups -OCH3 is 1. The third kappa shape index (κ3) is 1.92. The Hall–Kier alpha value is -1.43. The van der Waals surface area contributed by atoms with Crippen LogP contribution in [0.1, 0.15) is 19.3 Å². The Morgan fingerprint density at radius 2 is 1.88 bits per heavy atom. The van der Waals surface area contributed by atoms with Gasteiger partial charge in [-0.1, -0.05) is 0 Å². The van der Waals surface area contributed by atoms with Gasteiger partial charge in [0.15, 0.2) is 0 Å². The van der Waals surface area contributed by atoms with Crippen molar-refractivity contribution in [3.63, 3.8) is 0 Å². The van der Waals surface area contributed by atoms with E-state index in [0.717, 1.165) is 0 Å². The molecule has 6 heteroatoms. The Balaban J connectivity index is 0.00000128. The summed E-state index contributed by atoms with van der Waals surface area (Å²) in [5, 5.41) is 0. The summed E-state index contributed by atoms with van der Waals surface area (Å²) >= 11 is 0. The van der Waals surface area contributed by atoms with Crippen molar-refractivity contribution in [1.82, 2.24) is 0 Å². The van der Waals surface area contributed by atoms with Gasteiger partial charge in [-0.05, 0) is 19.3 Å². The Bertz CT molecular complexity index is 323. The van der Waals surface area contributed by atoms with E-state index in [0.29, 0.717) is 19.3 Å². The highest BCUT2D eigenvalue weighted by atomic mass is 16.6. The van der Waals surface area contributed by atoms with E-state index in [1.54, 1.807) is 0 Å². The first-order valence-corrected chi connectivity index (χ1v) is 4.97. The van der Waals surface area contributed by atoms with Gasteiger partial charge in [0.05, 0.1) is 24.9 Å². The van der Waals surface area contributed by atoms with Crippen LogP contribution in [0.25, 0.3) is 0 Å². The molecule has 0 bridgehead atoms. The zero-order valence-electron chi connectivity index (χ0n) is 8.89. The number of hydrogen-bond acceptors (Lipinski definition) is 5. The molecule has 1 saturated carbocycles. The highest BCUT2D eigenvalue weighted by molar-refractivity contribution is 5.97. The first-order valence-electron chi connectivity index (χ1n) is 4.97. The Kier molecular flexibility index (Phi) is 3.64. The maximum Gasteiger partial charge on any atom is 0.317 e. The van der Waals surface area contributed by atoms with Gasteiger partial charge in [0.1, 0.15) is 0 Å². The monoisotopic (exact) mass is 230 g/mol. The standard InChI is InChI=1S/C10H12O5.H2O/c1-14-8(11)5-2-3-6-7(4-5)10(13)15-9(6)12;/h5-7H,2-4H2,1H3;1H2. The second-order valence-electron chi connectivity index (χ2n) is 3.99. The largest absolute Gasteiger partial charge is 0.469 e. The predicted octanol–water partition coefficient (Wildman–Crippen LogP) is -0.549. The summed E-state index contributed by atoms with van der Waals surface area (Å²) in [5.74, 6) is -2.27. The SMILES string of the molecule is COC(=O)C1CCC2C(=O)OC(=O)C2C1.O. The number of hydrogen-bond donors (Lipinski definition) is 0. The Morgan fingerprint density at radius 1 is 1.25 bits per heavy atom. The lowest BCUT2D eigenvalue weighted by atomic mass is 9.75. The number of carbonyl (C=O) groups is 3. The van der Waals surface area contributed by atoms with Crippen molar-refractivity contribution in [1.29, 1.82) is 0 Å². The summed E-state index contributed by atoms with van der Waals surface area (Å²) in [6.45, 7) is 0. The molecule has 2 fully saturated rings. The normalized spacial score (nSPS) is 32.4. The van der Waals surface area contributed by atoms with Crippen molar-refractivity contribution in [2.75, 3.05) is 7.11 Å². The van der Waals surface area contributed by atoms with Crippen LogP contribution in [0.4, 0.5) is 0 Å². The van der Waals surface area contributed by atoms with Gasteiger partial charge in [0.25, 0.3) is 0 Å². The van der Waals surface area contributed by atoms with Crippen LogP contribution in [0.5, 0.6) is 0 Å². The summed E-state index contributed by atoms with van der Waals surface area (Å²) in [6, 6.07) is 0. The van der Waals surface area contributed by atoms with Crippen LogP contribution >= 0.6 is 0 Å². The van der Waals surface area contributed by atoms with Crippen molar-refractivity contribution in [3.8, 4) is 0 Å². The van der Waals surface area contributed by atoms with Gasteiger partial charge in [-0.3, -0.25) is 14.4 Å². The lowest BCUT2D eigenvalue weighted by Crippen LogP contribution is -2.31. The highest BCUT2D eigenvalue weighted by Gasteiger charge is 2.48. The topological polar surface area (TPSA) is 101 Å². The molecule has 0 aromatic carbocycles. The number of cyclic esters (lactones) is 2. The third-order valence-electron chi connectivity index (χ3n) is 3.19. The minimum atomic E-state index is -0.487. The molecule has 2 rings (SSSR count). The summed E-state index contributed by atoms with van der Waals surface area (Å²) in [7, 11) is 1.33. The van der Waals surface area contributed by atoms with E-state index < -0.39 is 17.9 Å². The van der Waals surface area contributed by atoms with Gasteiger partial charge in [0.2, 0.25) is 0 Å². The first kappa shape index (κ1) is 12.6. The van der Waals surface area contributed by atoms with Gasteiger partial charge in [0, 0.05) is 0 Å². The summed E-state index contributed by atoms with van der Waals surface area (Å²) in [6.07, 6.45) is 1.51. The summed E-state index contributed by atoms with van der Waals surface area (Å²) in [4.78, 5) is 33.8. The zero-order chi connectivity index (χ0) is 11.0. The van der Waals surface area contributed by atoms with Crippen LogP contribution in [0.3, 0.4) is 0 Å². The van der Waals surface area contributed by atoms with E-state index >= 15 is 0 Å². The van der Waals surface area contributed by atoms with Gasteiger partial charge in [-0.2, -0.15) is 0 Å². The van der Waals surface area contributed by atoms with Crippen LogP contribution in [0.15, 0.2) is 0 Å². The molecule has 1 saturated heterocycles. The minimum Gasteiger partial charge on any atom is -0.469 e. The van der Waals surface area contributed by atoms with E-state index in [1.807, 2.05) is 0 Å². The van der Waals surface area contributed by atoms with Crippen molar-refractivity contribution in [2.45, 2.75) is 19.3 Å². The molecule has 1 aliphatic heterocycles. The summed E-state index contributed by atoms with van der Waals surface area (Å²) < 4.78 is 9.16. The molecule has 2 aliphatic rings. The van der Waals surface area contributed by atoms with Gasteiger partial charge >= 0.3 is 17.9 Å². The molecule has 1 aliphatic carbocycles. The van der Waals surface area contributed by atoms with Crippen LogP contribution < -0.4 is 0 Å². The molecular weight excluding hydrogens is 216 g/mol. The maximum absolute atomic E-state index is 11.3. The quantitative estimate of drug-likeness (QED) is 0.444. The first-order chi connectivity index (χ1) is 7.13. The van der Waals surface area contributed by atoms with Crippen molar-refractivity contribution < 1.29 is 29.3 Å². The molecule has 1 heterocycles. The number of fused-ring (bicyclic) bond motifs is 1. The second-order valence-corrected chi connectivity index (χ2v) is 3.99. The predicted molar refractivity (Wildman–Crippen MR) is 51.0 cm³/mol. The molecule has 0 aromatic rings. The van der Waals surface area contributed by atoms with Crippen LogP contribution in [-0.2, 0) is 23.9 Å². The van der Waals surface area contributed by atoms with Crippen molar-refractivity contribution in [3.05, 3.63) is 0 Å². The molecule has 6 nitrogen and oxygen atoms in total. The van der Waals surface area contributed by atoms with Crippen molar-refractivity contribution in [2.24, 2.45) is 17.8 Å². The highest BCUT2D eigenvalue weighted by Crippen LogP contribution is 2.39. The van der Waals surface area contributed by atoms with Crippen molar-refractivity contribution >= 4 is 17.9 Å². The lowest BCUT2D eigenvalue weighted by molar-refractivity contribution is -0.153. The molecule has 16 heavy (non-hydrogen) atoms. The molecule has 90 valence electrons. The van der Waals surface area contributed by atoms with Gasteiger partial charge in [-0.15, -0.1) is 0 Å². The zero-order valence-corrected chi connectivity index (χ0v) is 8.89. The smallest absolute Gasteiger partial charge is 0.317 e. The molecule has 0 aromatic heterocycles. The third-order valence-corrected chi connectivity index (χ3v) is 3.19. The van der Waals surface area contributed by atoms with Crippen LogP contribution in [0.2, 0.25) is 0 Å². The number of esters is 3. The lowest BCUT2D eigenvalue weighted by Gasteiger charge is -2.25. The minimum absolute atomic E-state index is 0. The molecule has 2 N–H and O–H groups in total. The van der Waals surface area contributed by atoms with Gasteiger partial charge in [-0.25, -0.2) is 0 Å². The van der Waals surface area contributed by atoms with Crippen LogP contribution in [0, 0.1) is 17.8 Å². The van der Waals surface area contributed by atoms with E-state index in [1.165, 1.54) is 7.11 Å². The van der Waals surface area contributed by atoms with E-state index in [9.17, 15) is 14.4 Å².